The van der Waals surface area contributed by atoms with Crippen LogP contribution in [0.25, 0.3) is 0 Å². The first-order chi connectivity index (χ1) is 9.99. The van der Waals surface area contributed by atoms with Gasteiger partial charge in [0.25, 0.3) is 5.69 Å². The molecule has 2 rings (SSSR count). The van der Waals surface area contributed by atoms with E-state index in [-0.39, 0.29) is 10.6 Å². The fourth-order valence-electron chi connectivity index (χ4n) is 3.26. The third-order valence-electron chi connectivity index (χ3n) is 4.15. The molecule has 0 saturated heterocycles. The number of nitrogens with one attached hydrogen (secondary N) is 1. The summed E-state index contributed by atoms with van der Waals surface area (Å²) in [6.45, 7) is 5.06. The van der Waals surface area contributed by atoms with Crippen LogP contribution in [0.3, 0.4) is 0 Å². The molecule has 1 saturated carbocycles. The number of nitro benzene ring substituents is 1. The van der Waals surface area contributed by atoms with Crippen molar-refractivity contribution in [1.82, 2.24) is 0 Å². The Morgan fingerprint density at radius 3 is 2.52 bits per heavy atom. The predicted octanol–water partition coefficient (Wildman–Crippen LogP) is 3.98. The van der Waals surface area contributed by atoms with Gasteiger partial charge in [-0.2, -0.15) is 0 Å². The molecule has 2 atom stereocenters. The monoisotopic (exact) mass is 292 g/mol. The van der Waals surface area contributed by atoms with Gasteiger partial charge in [-0.25, -0.2) is 0 Å². The van der Waals surface area contributed by atoms with Crippen LogP contribution in [-0.2, 0) is 11.3 Å². The molecule has 5 heteroatoms. The average Bonchev–Trinajstić information content (AvgIpc) is 2.43. The van der Waals surface area contributed by atoms with Crippen molar-refractivity contribution in [2.75, 3.05) is 12.4 Å². The lowest BCUT2D eigenvalue weighted by Gasteiger charge is -2.31. The van der Waals surface area contributed by atoms with Gasteiger partial charge in [-0.05, 0) is 48.8 Å². The Morgan fingerprint density at radius 2 is 1.95 bits per heavy atom. The van der Waals surface area contributed by atoms with Crippen molar-refractivity contribution in [2.45, 2.75) is 45.8 Å². The summed E-state index contributed by atoms with van der Waals surface area (Å²) < 4.78 is 6.01. The molecular weight excluding hydrogens is 268 g/mol. The van der Waals surface area contributed by atoms with E-state index in [1.54, 1.807) is 19.2 Å². The molecule has 0 amide bonds. The highest BCUT2D eigenvalue weighted by molar-refractivity contribution is 5.62. The first-order valence-electron chi connectivity index (χ1n) is 7.56. The molecule has 0 spiro atoms. The summed E-state index contributed by atoms with van der Waals surface area (Å²) in [7, 11) is 1.69. The molecule has 1 fully saturated rings. The van der Waals surface area contributed by atoms with E-state index in [4.69, 9.17) is 4.74 Å². The first-order valence-corrected chi connectivity index (χ1v) is 7.56. The Labute approximate surface area is 125 Å². The van der Waals surface area contributed by atoms with Crippen LogP contribution in [0.4, 0.5) is 11.4 Å². The van der Waals surface area contributed by atoms with Crippen LogP contribution < -0.4 is 5.32 Å². The van der Waals surface area contributed by atoms with Gasteiger partial charge in [0.15, 0.2) is 0 Å². The fraction of sp³-hybridized carbons (Fsp3) is 0.625. The van der Waals surface area contributed by atoms with Gasteiger partial charge in [-0.3, -0.25) is 10.1 Å². The largest absolute Gasteiger partial charge is 0.383 e. The highest BCUT2D eigenvalue weighted by Gasteiger charge is 2.24. The van der Waals surface area contributed by atoms with Crippen LogP contribution in [0.2, 0.25) is 0 Å². The van der Waals surface area contributed by atoms with Crippen molar-refractivity contribution < 1.29 is 9.66 Å². The number of nitrogens with zero attached hydrogens (tertiary/aromatic N) is 1. The molecule has 1 aromatic carbocycles. The van der Waals surface area contributed by atoms with E-state index < -0.39 is 0 Å². The molecule has 21 heavy (non-hydrogen) atoms. The number of hydrogen-bond acceptors (Lipinski definition) is 4. The van der Waals surface area contributed by atoms with Crippen molar-refractivity contribution in [3.05, 3.63) is 33.9 Å². The Bertz CT molecular complexity index is 494. The van der Waals surface area contributed by atoms with E-state index in [1.165, 1.54) is 12.5 Å². The van der Waals surface area contributed by atoms with Crippen molar-refractivity contribution in [3.8, 4) is 0 Å². The minimum absolute atomic E-state index is 0.0983. The van der Waals surface area contributed by atoms with Gasteiger partial charge in [-0.1, -0.05) is 13.8 Å². The van der Waals surface area contributed by atoms with E-state index in [9.17, 15) is 10.1 Å². The SMILES string of the molecule is CNc1cc(COC2CC(C)CC(C)C2)ccc1[N+](=O)[O-]. The molecule has 116 valence electrons. The number of rotatable bonds is 5. The van der Waals surface area contributed by atoms with E-state index in [1.807, 2.05) is 0 Å². The molecule has 1 N–H and O–H groups in total. The van der Waals surface area contributed by atoms with Crippen molar-refractivity contribution in [1.29, 1.82) is 0 Å². The Hall–Kier alpha value is -1.62. The van der Waals surface area contributed by atoms with Crippen LogP contribution in [0.15, 0.2) is 18.2 Å². The summed E-state index contributed by atoms with van der Waals surface area (Å²) in [6, 6.07) is 5.11. The summed E-state index contributed by atoms with van der Waals surface area (Å²) in [5.74, 6) is 1.42. The number of nitro groups is 1. The zero-order valence-corrected chi connectivity index (χ0v) is 13.0. The number of anilines is 1. The van der Waals surface area contributed by atoms with E-state index in [2.05, 4.69) is 19.2 Å². The lowest BCUT2D eigenvalue weighted by atomic mass is 9.82. The van der Waals surface area contributed by atoms with Gasteiger partial charge in [0, 0.05) is 13.1 Å². The second-order valence-electron chi connectivity index (χ2n) is 6.21. The summed E-state index contributed by atoms with van der Waals surface area (Å²) in [5, 5.41) is 13.8. The van der Waals surface area contributed by atoms with Gasteiger partial charge in [0.1, 0.15) is 5.69 Å². The number of hydrogen-bond donors (Lipinski definition) is 1. The Kier molecular flexibility index (Phi) is 5.17. The van der Waals surface area contributed by atoms with E-state index in [0.29, 0.717) is 30.2 Å². The molecule has 0 heterocycles. The molecule has 2 unspecified atom stereocenters. The maximum Gasteiger partial charge on any atom is 0.292 e. The molecule has 0 bridgehead atoms. The predicted molar refractivity (Wildman–Crippen MR) is 83.4 cm³/mol. The minimum Gasteiger partial charge on any atom is -0.383 e. The van der Waals surface area contributed by atoms with Crippen LogP contribution in [-0.4, -0.2) is 18.1 Å². The molecule has 0 aliphatic heterocycles. The lowest BCUT2D eigenvalue weighted by molar-refractivity contribution is -0.384. The third-order valence-corrected chi connectivity index (χ3v) is 4.15. The lowest BCUT2D eigenvalue weighted by Crippen LogP contribution is -2.26. The summed E-state index contributed by atoms with van der Waals surface area (Å²) in [5.41, 5.74) is 1.60. The van der Waals surface area contributed by atoms with E-state index in [0.717, 1.165) is 18.4 Å². The first kappa shape index (κ1) is 15.8. The summed E-state index contributed by atoms with van der Waals surface area (Å²) in [4.78, 5) is 10.5. The fourth-order valence-corrected chi connectivity index (χ4v) is 3.26. The highest BCUT2D eigenvalue weighted by Crippen LogP contribution is 2.31. The molecular formula is C16H24N2O3. The van der Waals surface area contributed by atoms with Crippen molar-refractivity contribution in [2.24, 2.45) is 11.8 Å². The average molecular weight is 292 g/mol. The minimum atomic E-state index is -0.374. The van der Waals surface area contributed by atoms with Crippen molar-refractivity contribution >= 4 is 11.4 Å². The standard InChI is InChI=1S/C16H24N2O3/c1-11-6-12(2)8-14(7-11)21-10-13-4-5-16(18(19)20)15(9-13)17-3/h4-5,9,11-12,14,17H,6-8,10H2,1-3H3. The second kappa shape index (κ2) is 6.89. The van der Waals surface area contributed by atoms with Gasteiger partial charge < -0.3 is 10.1 Å². The van der Waals surface area contributed by atoms with Crippen LogP contribution in [0.1, 0.15) is 38.7 Å². The smallest absolute Gasteiger partial charge is 0.292 e. The molecule has 0 radical (unpaired) electrons. The van der Waals surface area contributed by atoms with Gasteiger partial charge >= 0.3 is 0 Å². The van der Waals surface area contributed by atoms with Crippen molar-refractivity contribution in [3.63, 3.8) is 0 Å². The Balaban J connectivity index is 1.98. The van der Waals surface area contributed by atoms with Gasteiger partial charge in [0.05, 0.1) is 17.6 Å². The third kappa shape index (κ3) is 4.17. The van der Waals surface area contributed by atoms with Crippen LogP contribution in [0.5, 0.6) is 0 Å². The van der Waals surface area contributed by atoms with Crippen LogP contribution in [0, 0.1) is 22.0 Å². The summed E-state index contributed by atoms with van der Waals surface area (Å²) >= 11 is 0. The van der Waals surface area contributed by atoms with Gasteiger partial charge in [-0.15, -0.1) is 0 Å². The maximum absolute atomic E-state index is 10.9. The molecule has 1 aromatic rings. The molecule has 1 aliphatic rings. The maximum atomic E-state index is 10.9. The topological polar surface area (TPSA) is 64.4 Å². The summed E-state index contributed by atoms with van der Waals surface area (Å²) in [6.07, 6.45) is 3.80. The molecule has 1 aliphatic carbocycles. The zero-order valence-electron chi connectivity index (χ0n) is 13.0. The molecule has 0 aromatic heterocycles. The Morgan fingerprint density at radius 1 is 1.29 bits per heavy atom. The molecule has 5 nitrogen and oxygen atoms in total. The van der Waals surface area contributed by atoms with E-state index >= 15 is 0 Å². The quantitative estimate of drug-likeness (QED) is 0.658. The number of benzene rings is 1. The second-order valence-corrected chi connectivity index (χ2v) is 6.21. The number of ether oxygens (including phenoxy) is 1. The van der Waals surface area contributed by atoms with Gasteiger partial charge in [0.2, 0.25) is 0 Å². The normalized spacial score (nSPS) is 25.6. The van der Waals surface area contributed by atoms with Crippen LogP contribution >= 0.6 is 0 Å². The highest BCUT2D eigenvalue weighted by atomic mass is 16.6. The zero-order chi connectivity index (χ0) is 15.4.